The average molecular weight is 166 g/mol. The van der Waals surface area contributed by atoms with Crippen molar-refractivity contribution >= 4 is 0 Å². The first-order chi connectivity index (χ1) is 5.72. The standard InChI is InChI=1S/C9H14N2O/c1-7(10)5-8-3-4-9(12-2)11-6-8/h3-4,6-7H,5,10H2,1-2H3/t7-/m0/s1. The maximum absolute atomic E-state index is 5.64. The molecule has 0 saturated carbocycles. The fourth-order valence-corrected chi connectivity index (χ4v) is 1.02. The molecule has 66 valence electrons. The maximum atomic E-state index is 5.64. The predicted molar refractivity (Wildman–Crippen MR) is 48.1 cm³/mol. The fraction of sp³-hybridized carbons (Fsp3) is 0.444. The molecular formula is C9H14N2O. The topological polar surface area (TPSA) is 48.1 Å². The minimum atomic E-state index is 0.181. The first-order valence-electron chi connectivity index (χ1n) is 3.97. The molecule has 0 aromatic carbocycles. The summed E-state index contributed by atoms with van der Waals surface area (Å²) in [5, 5.41) is 0. The van der Waals surface area contributed by atoms with E-state index in [4.69, 9.17) is 10.5 Å². The molecule has 0 bridgehead atoms. The molecule has 1 atom stereocenters. The number of ether oxygens (including phenoxy) is 1. The van der Waals surface area contributed by atoms with Gasteiger partial charge in [-0.25, -0.2) is 4.98 Å². The number of hydrogen-bond donors (Lipinski definition) is 1. The van der Waals surface area contributed by atoms with Gasteiger partial charge in [-0.3, -0.25) is 0 Å². The highest BCUT2D eigenvalue weighted by Gasteiger charge is 1.98. The van der Waals surface area contributed by atoms with E-state index in [1.807, 2.05) is 19.1 Å². The van der Waals surface area contributed by atoms with Crippen LogP contribution in [0.5, 0.6) is 5.88 Å². The molecule has 0 fully saturated rings. The van der Waals surface area contributed by atoms with Gasteiger partial charge in [-0.15, -0.1) is 0 Å². The molecule has 1 aromatic rings. The lowest BCUT2D eigenvalue weighted by Crippen LogP contribution is -2.17. The number of nitrogens with zero attached hydrogens (tertiary/aromatic N) is 1. The molecule has 12 heavy (non-hydrogen) atoms. The first-order valence-corrected chi connectivity index (χ1v) is 3.97. The second kappa shape index (κ2) is 4.07. The molecule has 0 aliphatic rings. The monoisotopic (exact) mass is 166 g/mol. The van der Waals surface area contributed by atoms with E-state index in [-0.39, 0.29) is 6.04 Å². The van der Waals surface area contributed by atoms with Gasteiger partial charge in [-0.1, -0.05) is 6.07 Å². The second-order valence-electron chi connectivity index (χ2n) is 2.89. The first kappa shape index (κ1) is 9.00. The fourth-order valence-electron chi connectivity index (χ4n) is 1.02. The molecule has 0 unspecified atom stereocenters. The molecule has 0 saturated heterocycles. The predicted octanol–water partition coefficient (Wildman–Crippen LogP) is 0.980. The van der Waals surface area contributed by atoms with Gasteiger partial charge in [0.1, 0.15) is 0 Å². The molecule has 0 spiro atoms. The molecule has 1 aromatic heterocycles. The second-order valence-corrected chi connectivity index (χ2v) is 2.89. The summed E-state index contributed by atoms with van der Waals surface area (Å²) in [6, 6.07) is 4.01. The molecule has 0 amide bonds. The van der Waals surface area contributed by atoms with E-state index in [1.54, 1.807) is 13.3 Å². The lowest BCUT2D eigenvalue weighted by atomic mass is 10.1. The maximum Gasteiger partial charge on any atom is 0.212 e. The molecule has 0 aliphatic heterocycles. The van der Waals surface area contributed by atoms with Gasteiger partial charge in [0.2, 0.25) is 5.88 Å². The number of methoxy groups -OCH3 is 1. The van der Waals surface area contributed by atoms with E-state index in [0.29, 0.717) is 5.88 Å². The lowest BCUT2D eigenvalue weighted by molar-refractivity contribution is 0.397. The van der Waals surface area contributed by atoms with Gasteiger partial charge in [0.25, 0.3) is 0 Å². The number of aromatic nitrogens is 1. The Morgan fingerprint density at radius 3 is 2.75 bits per heavy atom. The lowest BCUT2D eigenvalue weighted by Gasteiger charge is -2.04. The van der Waals surface area contributed by atoms with Crippen molar-refractivity contribution in [3.05, 3.63) is 23.9 Å². The molecule has 1 heterocycles. The SMILES string of the molecule is COc1ccc(C[C@H](C)N)cn1. The highest BCUT2D eigenvalue weighted by Crippen LogP contribution is 2.07. The third kappa shape index (κ3) is 2.51. The van der Waals surface area contributed by atoms with Crippen molar-refractivity contribution in [3.8, 4) is 5.88 Å². The minimum absolute atomic E-state index is 0.181. The van der Waals surface area contributed by atoms with Crippen LogP contribution in [-0.4, -0.2) is 18.1 Å². The van der Waals surface area contributed by atoms with Crippen LogP contribution in [-0.2, 0) is 6.42 Å². The summed E-state index contributed by atoms with van der Waals surface area (Å²) in [6.07, 6.45) is 2.65. The van der Waals surface area contributed by atoms with Crippen LogP contribution < -0.4 is 10.5 Å². The number of rotatable bonds is 3. The van der Waals surface area contributed by atoms with E-state index in [2.05, 4.69) is 4.98 Å². The largest absolute Gasteiger partial charge is 0.481 e. The van der Waals surface area contributed by atoms with Gasteiger partial charge in [-0.05, 0) is 18.9 Å². The van der Waals surface area contributed by atoms with Gasteiger partial charge in [0, 0.05) is 18.3 Å². The molecular weight excluding hydrogens is 152 g/mol. The normalized spacial score (nSPS) is 12.6. The quantitative estimate of drug-likeness (QED) is 0.728. The molecule has 2 N–H and O–H groups in total. The van der Waals surface area contributed by atoms with Crippen LogP contribution in [0.4, 0.5) is 0 Å². The summed E-state index contributed by atoms with van der Waals surface area (Å²) in [5.74, 6) is 0.642. The highest BCUT2D eigenvalue weighted by molar-refractivity contribution is 5.18. The van der Waals surface area contributed by atoms with Crippen molar-refractivity contribution in [1.82, 2.24) is 4.98 Å². The van der Waals surface area contributed by atoms with Crippen LogP contribution in [0.3, 0.4) is 0 Å². The average Bonchev–Trinajstić information content (AvgIpc) is 2.05. The number of hydrogen-bond acceptors (Lipinski definition) is 3. The molecule has 3 heteroatoms. The van der Waals surface area contributed by atoms with E-state index in [9.17, 15) is 0 Å². The molecule has 3 nitrogen and oxygen atoms in total. The van der Waals surface area contributed by atoms with E-state index < -0.39 is 0 Å². The van der Waals surface area contributed by atoms with Gasteiger partial charge in [0.15, 0.2) is 0 Å². The van der Waals surface area contributed by atoms with Crippen molar-refractivity contribution in [2.45, 2.75) is 19.4 Å². The van der Waals surface area contributed by atoms with Crippen LogP contribution >= 0.6 is 0 Å². The smallest absolute Gasteiger partial charge is 0.212 e. The van der Waals surface area contributed by atoms with E-state index in [0.717, 1.165) is 12.0 Å². The van der Waals surface area contributed by atoms with Crippen molar-refractivity contribution in [1.29, 1.82) is 0 Å². The van der Waals surface area contributed by atoms with E-state index >= 15 is 0 Å². The Kier molecular flexibility index (Phi) is 3.05. The summed E-state index contributed by atoms with van der Waals surface area (Å²) in [5.41, 5.74) is 6.78. The summed E-state index contributed by atoms with van der Waals surface area (Å²) in [4.78, 5) is 4.07. The minimum Gasteiger partial charge on any atom is -0.481 e. The Bertz CT molecular complexity index is 231. The third-order valence-corrected chi connectivity index (χ3v) is 1.56. The van der Waals surface area contributed by atoms with Crippen molar-refractivity contribution in [3.63, 3.8) is 0 Å². The van der Waals surface area contributed by atoms with Crippen LogP contribution in [0.25, 0.3) is 0 Å². The zero-order chi connectivity index (χ0) is 8.97. The Balaban J connectivity index is 2.65. The molecule has 0 radical (unpaired) electrons. The van der Waals surface area contributed by atoms with Crippen LogP contribution in [0, 0.1) is 0 Å². The number of nitrogens with two attached hydrogens (primary N) is 1. The van der Waals surface area contributed by atoms with E-state index in [1.165, 1.54) is 0 Å². The van der Waals surface area contributed by atoms with Crippen molar-refractivity contribution < 1.29 is 4.74 Å². The van der Waals surface area contributed by atoms with Gasteiger partial charge in [-0.2, -0.15) is 0 Å². The Morgan fingerprint density at radius 2 is 2.33 bits per heavy atom. The number of pyridine rings is 1. The molecule has 0 aliphatic carbocycles. The van der Waals surface area contributed by atoms with Gasteiger partial charge in [0.05, 0.1) is 7.11 Å². The summed E-state index contributed by atoms with van der Waals surface area (Å²) in [7, 11) is 1.60. The zero-order valence-electron chi connectivity index (χ0n) is 7.45. The highest BCUT2D eigenvalue weighted by atomic mass is 16.5. The van der Waals surface area contributed by atoms with Gasteiger partial charge < -0.3 is 10.5 Å². The zero-order valence-corrected chi connectivity index (χ0v) is 7.45. The Hall–Kier alpha value is -1.09. The summed E-state index contributed by atoms with van der Waals surface area (Å²) < 4.78 is 4.93. The summed E-state index contributed by atoms with van der Waals surface area (Å²) >= 11 is 0. The van der Waals surface area contributed by atoms with Crippen molar-refractivity contribution in [2.24, 2.45) is 5.73 Å². The Labute approximate surface area is 72.6 Å². The third-order valence-electron chi connectivity index (χ3n) is 1.56. The Morgan fingerprint density at radius 1 is 1.58 bits per heavy atom. The van der Waals surface area contributed by atoms with Crippen LogP contribution in [0.15, 0.2) is 18.3 Å². The van der Waals surface area contributed by atoms with Crippen molar-refractivity contribution in [2.75, 3.05) is 7.11 Å². The van der Waals surface area contributed by atoms with Crippen LogP contribution in [0.1, 0.15) is 12.5 Å². The molecule has 1 rings (SSSR count). The van der Waals surface area contributed by atoms with Gasteiger partial charge >= 0.3 is 0 Å². The summed E-state index contributed by atoms with van der Waals surface area (Å²) in [6.45, 7) is 1.98. The van der Waals surface area contributed by atoms with Crippen LogP contribution in [0.2, 0.25) is 0 Å².